The van der Waals surface area contributed by atoms with Gasteiger partial charge in [0.2, 0.25) is 0 Å². The van der Waals surface area contributed by atoms with Gasteiger partial charge in [0.05, 0.1) is 17.8 Å². The minimum absolute atomic E-state index is 0.0299. The van der Waals surface area contributed by atoms with Crippen molar-refractivity contribution in [1.29, 1.82) is 0 Å². The highest BCUT2D eigenvalue weighted by molar-refractivity contribution is 7.46. The number of carbonyl (C=O) groups excluding carboxylic acids is 3. The van der Waals surface area contributed by atoms with Gasteiger partial charge in [-0.1, -0.05) is 48.8 Å². The second-order valence-electron chi connectivity index (χ2n) is 16.5. The number of hydrogen-bond acceptors (Lipinski definition) is 9. The molecule has 1 saturated carbocycles. The van der Waals surface area contributed by atoms with E-state index >= 15 is 4.79 Å². The zero-order valence-corrected chi connectivity index (χ0v) is 33.7. The number of esters is 1. The number of Topliss-reactive ketones (excluding diaryl/α,β-unsaturated/α-hetero) is 2. The van der Waals surface area contributed by atoms with Crippen molar-refractivity contribution in [2.75, 3.05) is 6.61 Å². The third-order valence-electron chi connectivity index (χ3n) is 11.4. The number of hydrogen-bond donors (Lipinski definition) is 2. The first-order chi connectivity index (χ1) is 25.2. The van der Waals surface area contributed by atoms with Gasteiger partial charge in [0.25, 0.3) is 0 Å². The van der Waals surface area contributed by atoms with Gasteiger partial charge < -0.3 is 23.5 Å². The van der Waals surface area contributed by atoms with Crippen LogP contribution in [0.1, 0.15) is 122 Å². The molecule has 54 heavy (non-hydrogen) atoms. The maximum atomic E-state index is 15.2. The highest BCUT2D eigenvalue weighted by Crippen LogP contribution is 2.69. The lowest BCUT2D eigenvalue weighted by Crippen LogP contribution is -2.72. The van der Waals surface area contributed by atoms with Crippen molar-refractivity contribution in [3.63, 3.8) is 0 Å². The monoisotopic (exact) mass is 764 g/mol. The van der Waals surface area contributed by atoms with E-state index < -0.39 is 53.8 Å². The first-order valence-corrected chi connectivity index (χ1v) is 20.4. The summed E-state index contributed by atoms with van der Waals surface area (Å²) in [5.74, 6) is -2.55. The number of carbonyl (C=O) groups is 3. The lowest BCUT2D eigenvalue weighted by atomic mass is 9.51. The zero-order chi connectivity index (χ0) is 39.6. The average molecular weight is 765 g/mol. The van der Waals surface area contributed by atoms with Crippen LogP contribution in [0.4, 0.5) is 0 Å². The summed E-state index contributed by atoms with van der Waals surface area (Å²) in [5, 5.41) is 0. The fraction of sp³-hybridized carbons (Fsp3) is 0.548. The standard InChI is InChI=1S/C42H53O11P/c1-10-11-21-49-38(45)26(6)16-20-41-37(44)27-22-30-33(43)32-35(51-42(30,41)31(23-27)39(7,8)53-41)28(15-14-25(4)5)34-29(36(32)52-54(46,47)48)17-19-40(9,50-34)18-12-13-24(2)3/h13-14,16-17,19,22,27,31H,10-12,15,18,20-21,23H2,1-9H3,(H2,46,47,48). The predicted octanol–water partition coefficient (Wildman–Crippen LogP) is 8.26. The minimum atomic E-state index is -5.23. The summed E-state index contributed by atoms with van der Waals surface area (Å²) >= 11 is 0. The van der Waals surface area contributed by atoms with Crippen molar-refractivity contribution in [3.05, 3.63) is 69.4 Å². The lowest BCUT2D eigenvalue weighted by molar-refractivity contribution is -0.171. The van der Waals surface area contributed by atoms with Crippen LogP contribution in [0, 0.1) is 11.8 Å². The van der Waals surface area contributed by atoms with E-state index in [4.69, 9.17) is 23.5 Å². The summed E-state index contributed by atoms with van der Waals surface area (Å²) in [6.07, 6.45) is 14.3. The number of allylic oxidation sites excluding steroid dienone is 5. The molecule has 0 radical (unpaired) electrons. The Balaban J connectivity index is 1.59. The summed E-state index contributed by atoms with van der Waals surface area (Å²) in [6.45, 7) is 17.5. The van der Waals surface area contributed by atoms with Gasteiger partial charge in [0.1, 0.15) is 22.7 Å². The van der Waals surface area contributed by atoms with E-state index in [-0.39, 0.29) is 59.2 Å². The normalized spacial score (nSPS) is 28.6. The fourth-order valence-corrected chi connectivity index (χ4v) is 9.22. The maximum Gasteiger partial charge on any atom is 0.524 e. The number of fused-ring (bicyclic) bond motifs is 2. The molecule has 3 aliphatic heterocycles. The molecule has 11 nitrogen and oxygen atoms in total. The first-order valence-electron chi connectivity index (χ1n) is 18.9. The van der Waals surface area contributed by atoms with Crippen molar-refractivity contribution >= 4 is 31.4 Å². The molecule has 12 heteroatoms. The Kier molecular flexibility index (Phi) is 10.4. The molecule has 2 N–H and O–H groups in total. The van der Waals surface area contributed by atoms with Gasteiger partial charge in [0.15, 0.2) is 28.5 Å². The average Bonchev–Trinajstić information content (AvgIpc) is 3.22. The third-order valence-corrected chi connectivity index (χ3v) is 11.8. The number of ketones is 2. The smallest absolute Gasteiger partial charge is 0.482 e. The van der Waals surface area contributed by atoms with Gasteiger partial charge in [0, 0.05) is 35.0 Å². The van der Waals surface area contributed by atoms with E-state index in [2.05, 4.69) is 6.08 Å². The van der Waals surface area contributed by atoms with E-state index in [1.807, 2.05) is 67.5 Å². The molecule has 1 spiro atoms. The Bertz CT molecular complexity index is 1990. The number of phosphoric ester groups is 1. The molecule has 3 heterocycles. The molecule has 5 atom stereocenters. The van der Waals surface area contributed by atoms with Gasteiger partial charge in [-0.3, -0.25) is 19.4 Å². The topological polar surface area (TPSA) is 155 Å². The number of ether oxygens (including phenoxy) is 4. The molecule has 6 aliphatic rings. The Morgan fingerprint density at radius 3 is 2.37 bits per heavy atom. The van der Waals surface area contributed by atoms with Gasteiger partial charge in [-0.15, -0.1) is 0 Å². The molecule has 292 valence electrons. The van der Waals surface area contributed by atoms with Crippen LogP contribution in [0.3, 0.4) is 0 Å². The van der Waals surface area contributed by atoms with Crippen LogP contribution < -0.4 is 14.0 Å². The Hall–Kier alpha value is -3.76. The quantitative estimate of drug-likeness (QED) is 0.0656. The molecule has 7 rings (SSSR count). The van der Waals surface area contributed by atoms with Gasteiger partial charge in [-0.25, -0.2) is 9.36 Å². The van der Waals surface area contributed by atoms with Crippen molar-refractivity contribution in [3.8, 4) is 17.2 Å². The molecule has 2 fully saturated rings. The molecule has 0 amide bonds. The molecular formula is C42H53O11P. The number of rotatable bonds is 13. The lowest BCUT2D eigenvalue weighted by Gasteiger charge is -2.56. The van der Waals surface area contributed by atoms with Crippen molar-refractivity contribution in [1.82, 2.24) is 0 Å². The first kappa shape index (κ1) is 39.9. The van der Waals surface area contributed by atoms with Crippen LogP contribution in [-0.2, 0) is 30.0 Å². The molecule has 0 aromatic heterocycles. The molecular weight excluding hydrogens is 711 g/mol. The van der Waals surface area contributed by atoms with Crippen LogP contribution in [0.5, 0.6) is 17.2 Å². The maximum absolute atomic E-state index is 15.2. The number of unbranched alkanes of at least 4 members (excludes halogenated alkanes) is 1. The second kappa shape index (κ2) is 14.1. The molecule has 1 saturated heterocycles. The Morgan fingerprint density at radius 1 is 1.02 bits per heavy atom. The molecule has 3 aliphatic carbocycles. The van der Waals surface area contributed by atoms with E-state index in [0.29, 0.717) is 30.4 Å². The number of benzene rings is 1. The van der Waals surface area contributed by atoms with Crippen LogP contribution in [0.15, 0.2) is 52.7 Å². The van der Waals surface area contributed by atoms with Crippen LogP contribution in [0.25, 0.3) is 6.08 Å². The van der Waals surface area contributed by atoms with Crippen LogP contribution in [0.2, 0.25) is 0 Å². The SMILES string of the molecule is CCCCOC(=O)C(C)=CCC12OC(C)(C)C3CC(C=C4C(=O)c5c(OP(=O)(O)O)c6c(c(CC=C(C)C)c5OC431)OC(C)(CCC=C(C)C)C=C6)C2=O. The predicted molar refractivity (Wildman–Crippen MR) is 203 cm³/mol. The second-order valence-corrected chi connectivity index (χ2v) is 17.7. The van der Waals surface area contributed by atoms with E-state index in [1.54, 1.807) is 25.2 Å². The zero-order valence-electron chi connectivity index (χ0n) is 32.8. The van der Waals surface area contributed by atoms with Crippen molar-refractivity contribution in [2.45, 2.75) is 130 Å². The molecule has 4 bridgehead atoms. The molecule has 1 aromatic rings. The minimum Gasteiger partial charge on any atom is -0.482 e. The molecule has 1 aromatic carbocycles. The summed E-state index contributed by atoms with van der Waals surface area (Å²) in [5.41, 5.74) is -1.96. The molecule has 5 unspecified atom stereocenters. The summed E-state index contributed by atoms with van der Waals surface area (Å²) in [4.78, 5) is 63.2. The highest BCUT2D eigenvalue weighted by atomic mass is 31.2. The number of phosphoric acid groups is 1. The van der Waals surface area contributed by atoms with Gasteiger partial charge >= 0.3 is 13.8 Å². The van der Waals surface area contributed by atoms with Crippen molar-refractivity contribution in [2.24, 2.45) is 11.8 Å². The summed E-state index contributed by atoms with van der Waals surface area (Å²) in [7, 11) is -5.23. The van der Waals surface area contributed by atoms with E-state index in [1.165, 1.54) is 0 Å². The third kappa shape index (κ3) is 6.65. The van der Waals surface area contributed by atoms with Gasteiger partial charge in [-0.05, 0) is 99.6 Å². The van der Waals surface area contributed by atoms with Crippen LogP contribution >= 0.6 is 7.82 Å². The van der Waals surface area contributed by atoms with Crippen molar-refractivity contribution < 1.29 is 52.2 Å². The summed E-state index contributed by atoms with van der Waals surface area (Å²) < 4.78 is 44.4. The van der Waals surface area contributed by atoms with E-state index in [9.17, 15) is 23.9 Å². The Morgan fingerprint density at radius 2 is 1.72 bits per heavy atom. The highest BCUT2D eigenvalue weighted by Gasteiger charge is 2.81. The van der Waals surface area contributed by atoms with Crippen LogP contribution in [-0.4, -0.2) is 56.3 Å². The summed E-state index contributed by atoms with van der Waals surface area (Å²) in [6, 6.07) is 0. The Labute approximate surface area is 317 Å². The van der Waals surface area contributed by atoms with Gasteiger partial charge in [-0.2, -0.15) is 0 Å². The fourth-order valence-electron chi connectivity index (χ4n) is 8.79. The largest absolute Gasteiger partial charge is 0.524 e. The van der Waals surface area contributed by atoms with E-state index in [0.717, 1.165) is 24.0 Å².